The predicted molar refractivity (Wildman–Crippen MR) is 64.0 cm³/mol. The standard InChI is InChI=1S/C13H20N3O/c14-12-7-16(15-17-12)8-13-4-9-1-10(5-13)3-11(2-9)6-13/h7,9-11H,1-6,8,14H2/q-1. The van der Waals surface area contributed by atoms with Crippen LogP contribution in [0.15, 0.2) is 12.1 Å². The summed E-state index contributed by atoms with van der Waals surface area (Å²) in [6.45, 7) is 1.01. The first kappa shape index (κ1) is 10.1. The van der Waals surface area contributed by atoms with E-state index in [0.29, 0.717) is 11.3 Å². The lowest BCUT2D eigenvalue weighted by molar-refractivity contribution is -0.0626. The number of hydrogen-bond acceptors (Lipinski definition) is 3. The number of nitrogens with two attached hydrogens (primary N) is 1. The maximum Gasteiger partial charge on any atom is 0.185 e. The van der Waals surface area contributed by atoms with Gasteiger partial charge in [-0.05, 0) is 61.7 Å². The van der Waals surface area contributed by atoms with Gasteiger partial charge in [-0.15, -0.1) is 0 Å². The van der Waals surface area contributed by atoms with Gasteiger partial charge >= 0.3 is 0 Å². The third-order valence-electron chi connectivity index (χ3n) is 5.19. The van der Waals surface area contributed by atoms with E-state index in [9.17, 15) is 0 Å². The summed E-state index contributed by atoms with van der Waals surface area (Å²) in [6, 6.07) is 0. The van der Waals surface area contributed by atoms with Crippen LogP contribution >= 0.6 is 0 Å². The lowest BCUT2D eigenvalue weighted by Crippen LogP contribution is -2.49. The first-order valence-electron chi connectivity index (χ1n) is 6.83. The van der Waals surface area contributed by atoms with Crippen molar-refractivity contribution < 1.29 is 4.84 Å². The Hall–Kier alpha value is -0.900. The molecule has 0 amide bonds. The Bertz CT molecular complexity index is 330. The Morgan fingerprint density at radius 1 is 1.24 bits per heavy atom. The molecule has 0 spiro atoms. The monoisotopic (exact) mass is 234 g/mol. The van der Waals surface area contributed by atoms with E-state index in [2.05, 4.69) is 5.59 Å². The van der Waals surface area contributed by atoms with Gasteiger partial charge in [0.25, 0.3) is 0 Å². The van der Waals surface area contributed by atoms with Crippen LogP contribution in [-0.2, 0) is 4.84 Å². The summed E-state index contributed by atoms with van der Waals surface area (Å²) in [7, 11) is 0. The highest BCUT2D eigenvalue weighted by Gasteiger charge is 2.50. The average Bonchev–Trinajstić information content (AvgIpc) is 2.60. The third-order valence-corrected chi connectivity index (χ3v) is 5.19. The summed E-state index contributed by atoms with van der Waals surface area (Å²) in [5.41, 5.74) is 10.1. The molecule has 4 heteroatoms. The van der Waals surface area contributed by atoms with Gasteiger partial charge in [0.15, 0.2) is 5.88 Å². The van der Waals surface area contributed by atoms with Gasteiger partial charge < -0.3 is 21.2 Å². The van der Waals surface area contributed by atoms with Crippen LogP contribution in [-0.4, -0.2) is 11.6 Å². The molecule has 0 atom stereocenters. The van der Waals surface area contributed by atoms with Crippen molar-refractivity contribution in [2.24, 2.45) is 28.9 Å². The van der Waals surface area contributed by atoms with Gasteiger partial charge in [0.1, 0.15) is 0 Å². The van der Waals surface area contributed by atoms with Crippen LogP contribution in [0.2, 0.25) is 0 Å². The molecule has 17 heavy (non-hydrogen) atoms. The second-order valence-electron chi connectivity index (χ2n) is 6.72. The van der Waals surface area contributed by atoms with Gasteiger partial charge in [0.05, 0.1) is 0 Å². The highest BCUT2D eigenvalue weighted by Crippen LogP contribution is 2.60. The zero-order valence-electron chi connectivity index (χ0n) is 10.1. The first-order chi connectivity index (χ1) is 8.21. The molecule has 5 aliphatic rings. The molecule has 0 aromatic rings. The Balaban J connectivity index is 1.53. The minimum Gasteiger partial charge on any atom is -0.557 e. The molecule has 1 heterocycles. The summed E-state index contributed by atoms with van der Waals surface area (Å²) in [6.07, 6.45) is 10.5. The average molecular weight is 234 g/mol. The molecule has 4 aliphatic carbocycles. The van der Waals surface area contributed by atoms with Gasteiger partial charge in [-0.2, -0.15) is 0 Å². The van der Waals surface area contributed by atoms with E-state index in [1.165, 1.54) is 38.5 Å². The first-order valence-corrected chi connectivity index (χ1v) is 6.83. The molecule has 4 bridgehead atoms. The van der Waals surface area contributed by atoms with E-state index < -0.39 is 0 Å². The van der Waals surface area contributed by atoms with Crippen molar-refractivity contribution in [2.45, 2.75) is 38.5 Å². The molecule has 94 valence electrons. The zero-order chi connectivity index (χ0) is 11.5. The molecule has 0 aromatic carbocycles. The Labute approximate surface area is 102 Å². The zero-order valence-corrected chi connectivity index (χ0v) is 10.1. The minimum absolute atomic E-state index is 0.426. The SMILES string of the molecule is NC1=CN(CC23CC4CC(CC(C4)C2)C3)[N-]O1. The lowest BCUT2D eigenvalue weighted by Gasteiger charge is -2.58. The summed E-state index contributed by atoms with van der Waals surface area (Å²) in [5.74, 6) is 3.40. The van der Waals surface area contributed by atoms with Crippen LogP contribution in [0.25, 0.3) is 5.59 Å². The molecule has 0 unspecified atom stereocenters. The van der Waals surface area contributed by atoms with Crippen LogP contribution < -0.4 is 5.73 Å². The molecule has 4 saturated carbocycles. The van der Waals surface area contributed by atoms with E-state index in [0.717, 1.165) is 24.3 Å². The number of nitrogens with zero attached hydrogens (tertiary/aromatic N) is 2. The largest absolute Gasteiger partial charge is 0.557 e. The third kappa shape index (κ3) is 1.61. The lowest BCUT2D eigenvalue weighted by atomic mass is 9.49. The highest BCUT2D eigenvalue weighted by atomic mass is 16.7. The van der Waals surface area contributed by atoms with Gasteiger partial charge in [0, 0.05) is 12.7 Å². The second kappa shape index (κ2) is 3.31. The van der Waals surface area contributed by atoms with Crippen molar-refractivity contribution in [2.75, 3.05) is 6.54 Å². The van der Waals surface area contributed by atoms with Crippen LogP contribution in [0.1, 0.15) is 38.5 Å². The topological polar surface area (TPSA) is 52.6 Å². The summed E-state index contributed by atoms with van der Waals surface area (Å²) >= 11 is 0. The summed E-state index contributed by atoms with van der Waals surface area (Å²) in [4.78, 5) is 4.97. The quantitative estimate of drug-likeness (QED) is 0.798. The molecule has 0 radical (unpaired) electrons. The molecule has 2 N–H and O–H groups in total. The van der Waals surface area contributed by atoms with E-state index in [1.54, 1.807) is 0 Å². The highest BCUT2D eigenvalue weighted by molar-refractivity contribution is 5.06. The molecule has 5 rings (SSSR count). The molecular weight excluding hydrogens is 214 g/mol. The maximum atomic E-state index is 5.60. The van der Waals surface area contributed by atoms with Crippen LogP contribution in [0, 0.1) is 23.2 Å². The van der Waals surface area contributed by atoms with Crippen molar-refractivity contribution in [1.29, 1.82) is 0 Å². The van der Waals surface area contributed by atoms with Crippen molar-refractivity contribution in [3.8, 4) is 0 Å². The number of hydrogen-bond donors (Lipinski definition) is 1. The Morgan fingerprint density at radius 2 is 1.82 bits per heavy atom. The maximum absolute atomic E-state index is 5.60. The fourth-order valence-corrected chi connectivity index (χ4v) is 5.20. The van der Waals surface area contributed by atoms with E-state index in [-0.39, 0.29) is 0 Å². The molecular formula is C13H20N3O-. The minimum atomic E-state index is 0.426. The van der Waals surface area contributed by atoms with E-state index in [1.807, 2.05) is 11.2 Å². The van der Waals surface area contributed by atoms with Crippen molar-refractivity contribution in [3.63, 3.8) is 0 Å². The Kier molecular flexibility index (Phi) is 1.96. The number of rotatable bonds is 2. The molecule has 4 nitrogen and oxygen atoms in total. The van der Waals surface area contributed by atoms with Crippen molar-refractivity contribution in [3.05, 3.63) is 17.7 Å². The van der Waals surface area contributed by atoms with E-state index >= 15 is 0 Å². The van der Waals surface area contributed by atoms with Gasteiger partial charge in [-0.25, -0.2) is 0 Å². The van der Waals surface area contributed by atoms with Gasteiger partial charge in [0.2, 0.25) is 0 Å². The van der Waals surface area contributed by atoms with Crippen molar-refractivity contribution in [1.82, 2.24) is 5.01 Å². The van der Waals surface area contributed by atoms with Crippen LogP contribution in [0.4, 0.5) is 0 Å². The van der Waals surface area contributed by atoms with E-state index in [4.69, 9.17) is 10.6 Å². The summed E-state index contributed by atoms with van der Waals surface area (Å²) in [5, 5.41) is 1.92. The smallest absolute Gasteiger partial charge is 0.185 e. The molecule has 0 aromatic heterocycles. The van der Waals surface area contributed by atoms with Crippen molar-refractivity contribution >= 4 is 0 Å². The van der Waals surface area contributed by atoms with Crippen LogP contribution in [0.3, 0.4) is 0 Å². The Morgan fingerprint density at radius 3 is 2.29 bits per heavy atom. The van der Waals surface area contributed by atoms with Crippen LogP contribution in [0.5, 0.6) is 0 Å². The van der Waals surface area contributed by atoms with Gasteiger partial charge in [-0.3, -0.25) is 0 Å². The predicted octanol–water partition coefficient (Wildman–Crippen LogP) is 2.50. The molecule has 4 fully saturated rings. The molecule has 0 saturated heterocycles. The second-order valence-corrected chi connectivity index (χ2v) is 6.72. The normalized spacial score (nSPS) is 47.2. The van der Waals surface area contributed by atoms with Gasteiger partial charge in [-0.1, -0.05) is 0 Å². The fourth-order valence-electron chi connectivity index (χ4n) is 5.20. The summed E-state index contributed by atoms with van der Waals surface area (Å²) < 4.78 is 0. The molecule has 1 aliphatic heterocycles. The fraction of sp³-hybridized carbons (Fsp3) is 0.846.